The fourth-order valence-corrected chi connectivity index (χ4v) is 4.52. The first-order valence-corrected chi connectivity index (χ1v) is 11.0. The van der Waals surface area contributed by atoms with Gasteiger partial charge in [0.2, 0.25) is 5.91 Å². The minimum atomic E-state index is -0.522. The van der Waals surface area contributed by atoms with Gasteiger partial charge in [0.25, 0.3) is 0 Å². The molecule has 1 N–H and O–H groups in total. The van der Waals surface area contributed by atoms with E-state index in [-0.39, 0.29) is 11.9 Å². The average Bonchev–Trinajstić information content (AvgIpc) is 2.80. The number of amides is 1. The second-order valence-corrected chi connectivity index (χ2v) is 8.45. The number of aryl methyl sites for hydroxylation is 1. The molecule has 0 bridgehead atoms. The van der Waals surface area contributed by atoms with E-state index in [4.69, 9.17) is 9.47 Å². The quantitative estimate of drug-likeness (QED) is 0.819. The van der Waals surface area contributed by atoms with Gasteiger partial charge in [0.15, 0.2) is 0 Å². The molecule has 2 aromatic carbocycles. The molecule has 1 unspecified atom stereocenters. The summed E-state index contributed by atoms with van der Waals surface area (Å²) in [4.78, 5) is 15.9. The summed E-state index contributed by atoms with van der Waals surface area (Å²) in [7, 11) is 0. The van der Waals surface area contributed by atoms with Crippen LogP contribution in [0.2, 0.25) is 0 Å². The van der Waals surface area contributed by atoms with Crippen LogP contribution in [0.5, 0.6) is 0 Å². The number of ether oxygens (including phenoxy) is 2. The number of hydrogen-bond acceptors (Lipinski definition) is 4. The molecule has 2 aromatic rings. The zero-order valence-electron chi connectivity index (χ0n) is 18.0. The van der Waals surface area contributed by atoms with Gasteiger partial charge in [-0.25, -0.2) is 0 Å². The lowest BCUT2D eigenvalue weighted by atomic mass is 9.73. The largest absolute Gasteiger partial charge is 0.381 e. The molecular weight excluding hydrogens is 376 g/mol. The number of hydrogen-bond donors (Lipinski definition) is 1. The van der Waals surface area contributed by atoms with Gasteiger partial charge in [-0.2, -0.15) is 0 Å². The van der Waals surface area contributed by atoms with E-state index in [1.54, 1.807) is 0 Å². The Kier molecular flexibility index (Phi) is 6.40. The van der Waals surface area contributed by atoms with Gasteiger partial charge in [0.1, 0.15) is 0 Å². The zero-order valence-corrected chi connectivity index (χ0v) is 18.0. The van der Waals surface area contributed by atoms with E-state index in [0.29, 0.717) is 26.1 Å². The van der Waals surface area contributed by atoms with Gasteiger partial charge >= 0.3 is 0 Å². The predicted molar refractivity (Wildman–Crippen MR) is 119 cm³/mol. The first-order valence-electron chi connectivity index (χ1n) is 11.0. The summed E-state index contributed by atoms with van der Waals surface area (Å²) in [5, 5.41) is 3.30. The number of rotatable bonds is 5. The van der Waals surface area contributed by atoms with Crippen LogP contribution < -0.4 is 10.2 Å². The Balaban J connectivity index is 1.49. The van der Waals surface area contributed by atoms with Crippen LogP contribution in [0.1, 0.15) is 42.5 Å². The third-order valence-corrected chi connectivity index (χ3v) is 6.47. The van der Waals surface area contributed by atoms with E-state index in [1.807, 2.05) is 6.07 Å². The molecule has 0 radical (unpaired) electrons. The van der Waals surface area contributed by atoms with Gasteiger partial charge in [0.05, 0.1) is 24.7 Å². The Hall–Kier alpha value is -2.37. The first-order chi connectivity index (χ1) is 14.6. The van der Waals surface area contributed by atoms with Gasteiger partial charge in [-0.1, -0.05) is 42.0 Å². The van der Waals surface area contributed by atoms with Gasteiger partial charge < -0.3 is 19.7 Å². The standard InChI is InChI=1S/C25H32N2O3/c1-19-4-3-5-22(18-19)25(10-14-29-15-11-25)24(28)26-20(2)21-6-8-23(9-7-21)27-12-16-30-17-13-27/h3-9,18,20H,10-17H2,1-2H3,(H,26,28). The van der Waals surface area contributed by atoms with E-state index in [2.05, 4.69) is 66.5 Å². The van der Waals surface area contributed by atoms with Crippen LogP contribution in [-0.4, -0.2) is 45.4 Å². The topological polar surface area (TPSA) is 50.8 Å². The highest BCUT2D eigenvalue weighted by atomic mass is 16.5. The Morgan fingerprint density at radius 2 is 1.67 bits per heavy atom. The van der Waals surface area contributed by atoms with Crippen molar-refractivity contribution in [3.63, 3.8) is 0 Å². The predicted octanol–water partition coefficient (Wildman–Crippen LogP) is 3.76. The van der Waals surface area contributed by atoms with Crippen LogP contribution in [0.4, 0.5) is 5.69 Å². The molecule has 5 heteroatoms. The molecule has 0 aliphatic carbocycles. The molecule has 4 rings (SSSR count). The van der Waals surface area contributed by atoms with Crippen LogP contribution in [0.25, 0.3) is 0 Å². The number of anilines is 1. The smallest absolute Gasteiger partial charge is 0.231 e. The molecule has 2 aliphatic rings. The summed E-state index contributed by atoms with van der Waals surface area (Å²) in [5.74, 6) is 0.0983. The lowest BCUT2D eigenvalue weighted by molar-refractivity contribution is -0.131. The number of morpholine rings is 1. The van der Waals surface area contributed by atoms with Crippen molar-refractivity contribution in [2.45, 2.75) is 38.1 Å². The van der Waals surface area contributed by atoms with Crippen molar-refractivity contribution in [3.8, 4) is 0 Å². The molecule has 2 heterocycles. The Morgan fingerprint density at radius 1 is 1.00 bits per heavy atom. The molecule has 0 spiro atoms. The fraction of sp³-hybridized carbons (Fsp3) is 0.480. The van der Waals surface area contributed by atoms with Crippen LogP contribution >= 0.6 is 0 Å². The van der Waals surface area contributed by atoms with Crippen LogP contribution in [0, 0.1) is 6.92 Å². The van der Waals surface area contributed by atoms with Gasteiger partial charge in [-0.15, -0.1) is 0 Å². The Labute approximate surface area is 179 Å². The second kappa shape index (κ2) is 9.19. The molecule has 2 aliphatic heterocycles. The normalized spacial score (nSPS) is 19.9. The third-order valence-electron chi connectivity index (χ3n) is 6.47. The maximum atomic E-state index is 13.5. The lowest BCUT2D eigenvalue weighted by Gasteiger charge is -2.37. The number of carbonyl (C=O) groups is 1. The van der Waals surface area contributed by atoms with Crippen molar-refractivity contribution < 1.29 is 14.3 Å². The molecular formula is C25H32N2O3. The van der Waals surface area contributed by atoms with Crippen LogP contribution in [0.3, 0.4) is 0 Å². The number of nitrogens with zero attached hydrogens (tertiary/aromatic N) is 1. The molecule has 0 saturated carbocycles. The molecule has 2 saturated heterocycles. The summed E-state index contributed by atoms with van der Waals surface area (Å²) >= 11 is 0. The molecule has 5 nitrogen and oxygen atoms in total. The monoisotopic (exact) mass is 408 g/mol. The van der Waals surface area contributed by atoms with E-state index in [1.165, 1.54) is 11.3 Å². The molecule has 1 amide bonds. The van der Waals surface area contributed by atoms with Crippen molar-refractivity contribution >= 4 is 11.6 Å². The second-order valence-electron chi connectivity index (χ2n) is 8.45. The van der Waals surface area contributed by atoms with Gasteiger partial charge in [0, 0.05) is 32.0 Å². The molecule has 30 heavy (non-hydrogen) atoms. The van der Waals surface area contributed by atoms with Crippen LogP contribution in [-0.2, 0) is 19.7 Å². The molecule has 0 aromatic heterocycles. The number of carbonyl (C=O) groups excluding carboxylic acids is 1. The number of benzene rings is 2. The van der Waals surface area contributed by atoms with Crippen molar-refractivity contribution in [2.24, 2.45) is 0 Å². The van der Waals surface area contributed by atoms with E-state index >= 15 is 0 Å². The minimum Gasteiger partial charge on any atom is -0.381 e. The first kappa shape index (κ1) is 20.9. The Morgan fingerprint density at radius 3 is 2.33 bits per heavy atom. The molecule has 2 fully saturated rings. The van der Waals surface area contributed by atoms with E-state index in [0.717, 1.165) is 37.4 Å². The average molecular weight is 409 g/mol. The van der Waals surface area contributed by atoms with E-state index in [9.17, 15) is 4.79 Å². The highest BCUT2D eigenvalue weighted by molar-refractivity contribution is 5.88. The summed E-state index contributed by atoms with van der Waals surface area (Å²) in [6.45, 7) is 8.77. The highest BCUT2D eigenvalue weighted by Crippen LogP contribution is 2.36. The third kappa shape index (κ3) is 4.37. The minimum absolute atomic E-state index is 0.0548. The molecule has 160 valence electrons. The number of nitrogens with one attached hydrogen (secondary N) is 1. The SMILES string of the molecule is Cc1cccc(C2(C(=O)NC(C)c3ccc(N4CCOCC4)cc3)CCOCC2)c1. The summed E-state index contributed by atoms with van der Waals surface area (Å²) in [5.41, 5.74) is 4.08. The van der Waals surface area contributed by atoms with E-state index < -0.39 is 5.41 Å². The molecule has 1 atom stereocenters. The van der Waals surface area contributed by atoms with Crippen molar-refractivity contribution in [3.05, 3.63) is 65.2 Å². The summed E-state index contributed by atoms with van der Waals surface area (Å²) in [6.07, 6.45) is 1.43. The zero-order chi connectivity index (χ0) is 21.0. The maximum Gasteiger partial charge on any atom is 0.231 e. The lowest BCUT2D eigenvalue weighted by Crippen LogP contribution is -2.48. The maximum absolute atomic E-state index is 13.5. The highest BCUT2D eigenvalue weighted by Gasteiger charge is 2.42. The summed E-state index contributed by atoms with van der Waals surface area (Å²) < 4.78 is 11.0. The van der Waals surface area contributed by atoms with Crippen molar-refractivity contribution in [1.82, 2.24) is 5.32 Å². The van der Waals surface area contributed by atoms with Crippen molar-refractivity contribution in [2.75, 3.05) is 44.4 Å². The Bertz CT molecular complexity index is 853. The summed E-state index contributed by atoms with van der Waals surface area (Å²) in [6, 6.07) is 16.8. The van der Waals surface area contributed by atoms with Crippen molar-refractivity contribution in [1.29, 1.82) is 0 Å². The fourth-order valence-electron chi connectivity index (χ4n) is 4.52. The van der Waals surface area contributed by atoms with Gasteiger partial charge in [-0.3, -0.25) is 4.79 Å². The van der Waals surface area contributed by atoms with Gasteiger partial charge in [-0.05, 0) is 49.9 Å². The van der Waals surface area contributed by atoms with Crippen LogP contribution in [0.15, 0.2) is 48.5 Å².